The summed E-state index contributed by atoms with van der Waals surface area (Å²) < 4.78 is 1.15. The third kappa shape index (κ3) is 3.09. The van der Waals surface area contributed by atoms with Gasteiger partial charge in [0, 0.05) is 18.9 Å². The minimum absolute atomic E-state index is 0.0728. The van der Waals surface area contributed by atoms with E-state index in [0.29, 0.717) is 0 Å². The second-order valence-corrected chi connectivity index (χ2v) is 6.88. The van der Waals surface area contributed by atoms with Crippen LogP contribution in [-0.4, -0.2) is 17.0 Å². The van der Waals surface area contributed by atoms with Crippen LogP contribution in [0.4, 0.5) is 5.82 Å². The number of halogens is 1. The molecule has 17 heavy (non-hydrogen) atoms. The number of nitrogens with one attached hydrogen (secondary N) is 1. The molecule has 1 aromatic rings. The topological polar surface area (TPSA) is 37.8 Å². The molecule has 1 saturated carbocycles. The fourth-order valence-electron chi connectivity index (χ4n) is 1.83. The second kappa shape index (κ2) is 4.71. The van der Waals surface area contributed by atoms with Crippen LogP contribution in [0.1, 0.15) is 45.1 Å². The lowest BCUT2D eigenvalue weighted by Gasteiger charge is -2.21. The van der Waals surface area contributed by atoms with Gasteiger partial charge < -0.3 is 5.32 Å². The molecule has 4 heteroatoms. The smallest absolute Gasteiger partial charge is 0.143 e. The summed E-state index contributed by atoms with van der Waals surface area (Å²) in [6.45, 7) is 6.62. The van der Waals surface area contributed by atoms with Crippen LogP contribution in [0.3, 0.4) is 0 Å². The number of nitrogens with zero attached hydrogens (tertiary/aromatic N) is 2. The van der Waals surface area contributed by atoms with E-state index in [1.165, 1.54) is 12.8 Å². The predicted octanol–water partition coefficient (Wildman–Crippen LogP) is 3.37. The largest absolute Gasteiger partial charge is 0.372 e. The van der Waals surface area contributed by atoms with Gasteiger partial charge >= 0.3 is 0 Å². The molecule has 0 spiro atoms. The van der Waals surface area contributed by atoms with Gasteiger partial charge in [-0.15, -0.1) is 0 Å². The molecule has 2 rings (SSSR count). The third-order valence-corrected chi connectivity index (χ3v) is 4.03. The Bertz CT molecular complexity index is 419. The van der Waals surface area contributed by atoms with Crippen LogP contribution >= 0.6 is 22.6 Å². The molecule has 0 unspecified atom stereocenters. The summed E-state index contributed by atoms with van der Waals surface area (Å²) in [7, 11) is 1.93. The molecule has 1 aliphatic rings. The van der Waals surface area contributed by atoms with Gasteiger partial charge in [0.2, 0.25) is 0 Å². The second-order valence-electron chi connectivity index (χ2n) is 5.80. The number of aromatic nitrogens is 2. The van der Waals surface area contributed by atoms with E-state index in [2.05, 4.69) is 53.7 Å². The SMILES string of the molecule is CNc1nc(CC2CC2)nc(C(C)(C)C)c1I. The fraction of sp³-hybridized carbons (Fsp3) is 0.692. The normalized spacial score (nSPS) is 16.1. The van der Waals surface area contributed by atoms with E-state index >= 15 is 0 Å². The van der Waals surface area contributed by atoms with E-state index in [0.717, 1.165) is 33.2 Å². The van der Waals surface area contributed by atoms with Gasteiger partial charge in [-0.2, -0.15) is 0 Å². The summed E-state index contributed by atoms with van der Waals surface area (Å²) in [5.41, 5.74) is 1.23. The Morgan fingerprint density at radius 1 is 1.29 bits per heavy atom. The van der Waals surface area contributed by atoms with Crippen molar-refractivity contribution in [2.75, 3.05) is 12.4 Å². The van der Waals surface area contributed by atoms with Crippen molar-refractivity contribution in [2.45, 2.75) is 45.4 Å². The van der Waals surface area contributed by atoms with Crippen molar-refractivity contribution in [2.24, 2.45) is 5.92 Å². The first kappa shape index (κ1) is 13.1. The lowest BCUT2D eigenvalue weighted by atomic mass is 9.92. The van der Waals surface area contributed by atoms with Gasteiger partial charge in [-0.05, 0) is 41.4 Å². The van der Waals surface area contributed by atoms with Crippen molar-refractivity contribution in [3.63, 3.8) is 0 Å². The van der Waals surface area contributed by atoms with E-state index in [9.17, 15) is 0 Å². The first-order valence-corrected chi connectivity index (χ1v) is 7.24. The number of anilines is 1. The molecule has 1 aromatic heterocycles. The zero-order chi connectivity index (χ0) is 12.6. The van der Waals surface area contributed by atoms with Crippen molar-refractivity contribution in [3.05, 3.63) is 15.1 Å². The number of hydrogen-bond acceptors (Lipinski definition) is 3. The molecule has 1 heterocycles. The quantitative estimate of drug-likeness (QED) is 0.854. The lowest BCUT2D eigenvalue weighted by molar-refractivity contribution is 0.556. The lowest BCUT2D eigenvalue weighted by Crippen LogP contribution is -2.19. The molecule has 0 bridgehead atoms. The average molecular weight is 345 g/mol. The van der Waals surface area contributed by atoms with E-state index in [1.807, 2.05) is 7.05 Å². The molecule has 0 saturated heterocycles. The highest BCUT2D eigenvalue weighted by Gasteiger charge is 2.26. The minimum Gasteiger partial charge on any atom is -0.372 e. The monoisotopic (exact) mass is 345 g/mol. The fourth-order valence-corrected chi connectivity index (χ4v) is 3.15. The zero-order valence-electron chi connectivity index (χ0n) is 11.0. The Balaban J connectivity index is 2.41. The molecule has 0 aliphatic heterocycles. The molecule has 3 nitrogen and oxygen atoms in total. The van der Waals surface area contributed by atoms with Crippen LogP contribution < -0.4 is 5.32 Å². The molecule has 1 aliphatic carbocycles. The van der Waals surface area contributed by atoms with Crippen molar-refractivity contribution < 1.29 is 0 Å². The molecule has 0 amide bonds. The van der Waals surface area contributed by atoms with E-state index < -0.39 is 0 Å². The van der Waals surface area contributed by atoms with E-state index in [4.69, 9.17) is 4.98 Å². The predicted molar refractivity (Wildman–Crippen MR) is 79.4 cm³/mol. The van der Waals surface area contributed by atoms with Crippen LogP contribution in [0.5, 0.6) is 0 Å². The maximum Gasteiger partial charge on any atom is 0.143 e. The maximum atomic E-state index is 4.77. The van der Waals surface area contributed by atoms with Crippen molar-refractivity contribution in [3.8, 4) is 0 Å². The Kier molecular flexibility index (Phi) is 3.61. The van der Waals surface area contributed by atoms with Gasteiger partial charge in [0.15, 0.2) is 0 Å². The molecular formula is C13H20IN3. The van der Waals surface area contributed by atoms with Crippen LogP contribution in [0.2, 0.25) is 0 Å². The summed E-state index contributed by atoms with van der Waals surface area (Å²) in [6.07, 6.45) is 3.72. The van der Waals surface area contributed by atoms with Gasteiger partial charge in [-0.1, -0.05) is 20.8 Å². The molecular weight excluding hydrogens is 325 g/mol. The standard InChI is InChI=1S/C13H20IN3/c1-13(2,3)11-10(14)12(15-4)17-9(16-11)7-8-5-6-8/h8H,5-7H2,1-4H3,(H,15,16,17). The van der Waals surface area contributed by atoms with E-state index in [1.54, 1.807) is 0 Å². The van der Waals surface area contributed by atoms with Crippen LogP contribution in [0.25, 0.3) is 0 Å². The summed E-state index contributed by atoms with van der Waals surface area (Å²) in [4.78, 5) is 9.39. The van der Waals surface area contributed by atoms with Crippen LogP contribution in [-0.2, 0) is 11.8 Å². The molecule has 94 valence electrons. The molecule has 1 fully saturated rings. The Hall–Kier alpha value is -0.390. The van der Waals surface area contributed by atoms with Crippen molar-refractivity contribution >= 4 is 28.4 Å². The first-order valence-electron chi connectivity index (χ1n) is 6.16. The highest BCUT2D eigenvalue weighted by atomic mass is 127. The summed E-state index contributed by atoms with van der Waals surface area (Å²) in [6, 6.07) is 0. The van der Waals surface area contributed by atoms with Crippen LogP contribution in [0.15, 0.2) is 0 Å². The Morgan fingerprint density at radius 3 is 2.41 bits per heavy atom. The van der Waals surface area contributed by atoms with Gasteiger partial charge in [-0.25, -0.2) is 9.97 Å². The Morgan fingerprint density at radius 2 is 1.94 bits per heavy atom. The summed E-state index contributed by atoms with van der Waals surface area (Å²) >= 11 is 2.34. The highest BCUT2D eigenvalue weighted by molar-refractivity contribution is 14.1. The van der Waals surface area contributed by atoms with Gasteiger partial charge in [0.25, 0.3) is 0 Å². The Labute approximate surface area is 117 Å². The minimum atomic E-state index is 0.0728. The molecule has 1 N–H and O–H groups in total. The highest BCUT2D eigenvalue weighted by Crippen LogP contribution is 2.34. The van der Waals surface area contributed by atoms with Crippen molar-refractivity contribution in [1.82, 2.24) is 9.97 Å². The van der Waals surface area contributed by atoms with Crippen molar-refractivity contribution in [1.29, 1.82) is 0 Å². The van der Waals surface area contributed by atoms with Gasteiger partial charge in [0.1, 0.15) is 11.6 Å². The number of hydrogen-bond donors (Lipinski definition) is 1. The zero-order valence-corrected chi connectivity index (χ0v) is 13.1. The summed E-state index contributed by atoms with van der Waals surface area (Å²) in [5.74, 6) is 2.80. The first-order chi connectivity index (χ1) is 7.91. The van der Waals surface area contributed by atoms with Gasteiger partial charge in [0.05, 0.1) is 9.26 Å². The molecule has 0 radical (unpaired) electrons. The maximum absolute atomic E-state index is 4.77. The van der Waals surface area contributed by atoms with Gasteiger partial charge in [-0.3, -0.25) is 0 Å². The van der Waals surface area contributed by atoms with Crippen LogP contribution in [0, 0.1) is 9.49 Å². The average Bonchev–Trinajstić information content (AvgIpc) is 3.02. The summed E-state index contributed by atoms with van der Waals surface area (Å²) in [5, 5.41) is 3.18. The number of rotatable bonds is 3. The molecule has 0 atom stereocenters. The molecule has 0 aromatic carbocycles. The van der Waals surface area contributed by atoms with E-state index in [-0.39, 0.29) is 5.41 Å². The third-order valence-electron chi connectivity index (χ3n) is 3.01.